The molecule has 3 aromatic rings. The van der Waals surface area contributed by atoms with Crippen molar-refractivity contribution in [3.05, 3.63) is 58.1 Å². The fourth-order valence-corrected chi connectivity index (χ4v) is 3.44. The normalized spacial score (nSPS) is 12.2. The number of aliphatic hydroxyl groups excluding tert-OH is 1. The number of ether oxygens (including phenoxy) is 1. The Kier molecular flexibility index (Phi) is 6.27. The van der Waals surface area contributed by atoms with Crippen molar-refractivity contribution in [2.45, 2.75) is 24.3 Å². The van der Waals surface area contributed by atoms with Crippen molar-refractivity contribution in [2.24, 2.45) is 0 Å². The molecule has 0 aliphatic rings. The number of benzene rings is 1. The summed E-state index contributed by atoms with van der Waals surface area (Å²) in [4.78, 5) is 24.3. The van der Waals surface area contributed by atoms with Gasteiger partial charge in [-0.15, -0.1) is 18.3 Å². The van der Waals surface area contributed by atoms with E-state index in [0.29, 0.717) is 0 Å². The first-order chi connectivity index (χ1) is 14.9. The second-order valence-corrected chi connectivity index (χ2v) is 8.66. The van der Waals surface area contributed by atoms with Gasteiger partial charge in [0.2, 0.25) is 0 Å². The van der Waals surface area contributed by atoms with Crippen molar-refractivity contribution in [1.82, 2.24) is 19.5 Å². The van der Waals surface area contributed by atoms with Gasteiger partial charge in [-0.2, -0.15) is 0 Å². The second-order valence-electron chi connectivity index (χ2n) is 6.65. The number of pyridine rings is 1. The number of alkyl halides is 3. The number of halogens is 3. The van der Waals surface area contributed by atoms with E-state index in [1.807, 2.05) is 0 Å². The fraction of sp³-hybridized carbons (Fsp3) is 0.278. The number of aromatic nitrogens is 3. The maximum Gasteiger partial charge on any atom is 0.573 e. The number of nitrogens with zero attached hydrogens (tertiary/aromatic N) is 3. The molecule has 0 aliphatic heterocycles. The van der Waals surface area contributed by atoms with Gasteiger partial charge in [-0.3, -0.25) is 4.79 Å². The van der Waals surface area contributed by atoms with Crippen LogP contribution in [0.15, 0.2) is 46.2 Å². The minimum Gasteiger partial charge on any atom is -0.405 e. The molecule has 0 aliphatic carbocycles. The molecule has 0 fully saturated rings. The minimum absolute atomic E-state index is 0.0224. The van der Waals surface area contributed by atoms with Crippen molar-refractivity contribution in [2.75, 3.05) is 12.9 Å². The zero-order valence-electron chi connectivity index (χ0n) is 16.5. The topological polar surface area (TPSA) is 132 Å². The Hall–Kier alpha value is -3.39. The van der Waals surface area contributed by atoms with Crippen LogP contribution >= 0.6 is 0 Å². The number of hydrogen-bond donors (Lipinski definition) is 2. The fourth-order valence-electron chi connectivity index (χ4n) is 2.80. The summed E-state index contributed by atoms with van der Waals surface area (Å²) in [6.07, 6.45) is -3.04. The maximum absolute atomic E-state index is 12.7. The summed E-state index contributed by atoms with van der Waals surface area (Å²) >= 11 is 0. The number of sulfone groups is 1. The highest BCUT2D eigenvalue weighted by Gasteiger charge is 2.32. The van der Waals surface area contributed by atoms with E-state index in [0.717, 1.165) is 33.5 Å². The highest BCUT2D eigenvalue weighted by atomic mass is 32.2. The van der Waals surface area contributed by atoms with E-state index in [-0.39, 0.29) is 34.8 Å². The Labute approximate surface area is 178 Å². The van der Waals surface area contributed by atoms with Gasteiger partial charge in [-0.1, -0.05) is 6.07 Å². The second kappa shape index (κ2) is 8.63. The van der Waals surface area contributed by atoms with Gasteiger partial charge in [0.05, 0.1) is 23.6 Å². The molecule has 0 saturated carbocycles. The first-order valence-corrected chi connectivity index (χ1v) is 10.9. The monoisotopic (exact) mass is 474 g/mol. The highest BCUT2D eigenvalue weighted by molar-refractivity contribution is 7.90. The van der Waals surface area contributed by atoms with Crippen LogP contribution in [0.3, 0.4) is 0 Å². The molecule has 10 nitrogen and oxygen atoms in total. The molecular formula is C18H17F3N4O6S. The van der Waals surface area contributed by atoms with E-state index >= 15 is 0 Å². The number of rotatable bonds is 7. The summed E-state index contributed by atoms with van der Waals surface area (Å²) in [7, 11) is -3.79. The van der Waals surface area contributed by atoms with Crippen molar-refractivity contribution in [1.29, 1.82) is 0 Å². The number of amides is 1. The molecule has 2 heterocycles. The van der Waals surface area contributed by atoms with E-state index < -0.39 is 40.1 Å². The van der Waals surface area contributed by atoms with Crippen molar-refractivity contribution >= 4 is 21.4 Å². The van der Waals surface area contributed by atoms with E-state index in [9.17, 15) is 31.2 Å². The predicted octanol–water partition coefficient (Wildman–Crippen LogP) is 0.720. The third-order valence-electron chi connectivity index (χ3n) is 4.28. The molecule has 14 heteroatoms. The van der Waals surface area contributed by atoms with E-state index in [1.165, 1.54) is 18.3 Å². The molecule has 32 heavy (non-hydrogen) atoms. The van der Waals surface area contributed by atoms with E-state index in [4.69, 9.17) is 5.11 Å². The molecule has 2 aromatic heterocycles. The molecule has 0 atom stereocenters. The third kappa shape index (κ3) is 5.26. The van der Waals surface area contributed by atoms with Crippen molar-refractivity contribution < 1.29 is 36.2 Å². The van der Waals surface area contributed by atoms with Crippen LogP contribution in [0.1, 0.15) is 15.9 Å². The van der Waals surface area contributed by atoms with Crippen LogP contribution in [0.2, 0.25) is 0 Å². The van der Waals surface area contributed by atoms with Gasteiger partial charge in [-0.05, 0) is 24.3 Å². The number of hydrogen-bond acceptors (Lipinski definition) is 7. The predicted molar refractivity (Wildman–Crippen MR) is 104 cm³/mol. The molecule has 0 unspecified atom stereocenters. The molecule has 0 spiro atoms. The quantitative estimate of drug-likeness (QED) is 0.516. The SMILES string of the molecule is CS(=O)(=O)c1ccc(CNC(=O)c2ccc3nn(CCO)c(=O)n3c2)c(OC(F)(F)F)c1. The molecule has 0 bridgehead atoms. The average Bonchev–Trinajstić information content (AvgIpc) is 3.00. The molecule has 1 amide bonds. The van der Waals surface area contributed by atoms with Gasteiger partial charge < -0.3 is 15.2 Å². The Morgan fingerprint density at radius 1 is 1.25 bits per heavy atom. The Bertz CT molecular complexity index is 1330. The standard InChI is InChI=1S/C18H17F3N4O6S/c1-32(29,30)13-4-2-11(14(8-13)31-18(19,20)21)9-22-16(27)12-3-5-15-23-25(6-7-26)17(28)24(15)10-12/h2-5,8,10,26H,6-7,9H2,1H3,(H,22,27). The lowest BCUT2D eigenvalue weighted by Crippen LogP contribution is -2.26. The van der Waals surface area contributed by atoms with Crippen LogP contribution in [0, 0.1) is 0 Å². The molecule has 3 rings (SSSR count). The molecule has 2 N–H and O–H groups in total. The number of fused-ring (bicyclic) bond motifs is 1. The van der Waals surface area contributed by atoms with Crippen LogP contribution in [-0.4, -0.2) is 52.8 Å². The van der Waals surface area contributed by atoms with Gasteiger partial charge in [0, 0.05) is 24.6 Å². The lowest BCUT2D eigenvalue weighted by atomic mass is 10.2. The van der Waals surface area contributed by atoms with Crippen LogP contribution in [0.25, 0.3) is 5.65 Å². The molecule has 0 radical (unpaired) electrons. The Morgan fingerprint density at radius 2 is 1.97 bits per heavy atom. The zero-order valence-corrected chi connectivity index (χ0v) is 17.3. The van der Waals surface area contributed by atoms with Crippen LogP contribution in [0.5, 0.6) is 5.75 Å². The van der Waals surface area contributed by atoms with Gasteiger partial charge in [0.15, 0.2) is 15.5 Å². The number of carbonyl (C=O) groups is 1. The van der Waals surface area contributed by atoms with Gasteiger partial charge in [-0.25, -0.2) is 22.3 Å². The van der Waals surface area contributed by atoms with Gasteiger partial charge in [0.25, 0.3) is 5.91 Å². The minimum atomic E-state index is -5.07. The first kappa shape index (κ1) is 23.3. The highest BCUT2D eigenvalue weighted by Crippen LogP contribution is 2.29. The molecule has 172 valence electrons. The number of aliphatic hydroxyl groups is 1. The number of nitrogens with one attached hydrogen (secondary N) is 1. The van der Waals surface area contributed by atoms with E-state index in [1.54, 1.807) is 0 Å². The Balaban J connectivity index is 1.85. The van der Waals surface area contributed by atoms with Crippen LogP contribution in [-0.2, 0) is 22.9 Å². The summed E-state index contributed by atoms with van der Waals surface area (Å²) in [6.45, 7) is -0.754. The summed E-state index contributed by atoms with van der Waals surface area (Å²) in [5, 5.41) is 15.3. The third-order valence-corrected chi connectivity index (χ3v) is 5.39. The van der Waals surface area contributed by atoms with Crippen LogP contribution in [0.4, 0.5) is 13.2 Å². The first-order valence-electron chi connectivity index (χ1n) is 8.96. The summed E-state index contributed by atoms with van der Waals surface area (Å²) in [6, 6.07) is 5.68. The summed E-state index contributed by atoms with van der Waals surface area (Å²) in [5.74, 6) is -1.48. The Morgan fingerprint density at radius 3 is 2.59 bits per heavy atom. The van der Waals surface area contributed by atoms with Crippen molar-refractivity contribution in [3.63, 3.8) is 0 Å². The smallest absolute Gasteiger partial charge is 0.405 e. The van der Waals surface area contributed by atoms with Crippen LogP contribution < -0.4 is 15.7 Å². The average molecular weight is 474 g/mol. The van der Waals surface area contributed by atoms with Crippen molar-refractivity contribution in [3.8, 4) is 5.75 Å². The lowest BCUT2D eigenvalue weighted by molar-refractivity contribution is -0.275. The summed E-state index contributed by atoms with van der Waals surface area (Å²) < 4.78 is 67.5. The zero-order chi connectivity index (χ0) is 23.7. The molecular weight excluding hydrogens is 457 g/mol. The summed E-state index contributed by atoms with van der Waals surface area (Å²) in [5.41, 5.74) is -0.440. The van der Waals surface area contributed by atoms with Gasteiger partial charge in [0.1, 0.15) is 5.75 Å². The van der Waals surface area contributed by atoms with E-state index in [2.05, 4.69) is 15.2 Å². The molecule has 0 saturated heterocycles. The maximum atomic E-state index is 12.7. The van der Waals surface area contributed by atoms with Gasteiger partial charge >= 0.3 is 12.1 Å². The number of carbonyl (C=O) groups excluding carboxylic acids is 1. The molecule has 1 aromatic carbocycles. The largest absolute Gasteiger partial charge is 0.573 e. The lowest BCUT2D eigenvalue weighted by Gasteiger charge is -2.15.